The van der Waals surface area contributed by atoms with E-state index >= 15 is 0 Å². The van der Waals surface area contributed by atoms with E-state index in [-0.39, 0.29) is 6.04 Å². The van der Waals surface area contributed by atoms with Gasteiger partial charge in [-0.05, 0) is 84.8 Å². The van der Waals surface area contributed by atoms with Gasteiger partial charge in [-0.2, -0.15) is 0 Å². The van der Waals surface area contributed by atoms with Crippen molar-refractivity contribution in [2.45, 2.75) is 63.5 Å². The van der Waals surface area contributed by atoms with Gasteiger partial charge in [0.15, 0.2) is 5.82 Å². The fraction of sp³-hybridized carbons (Fsp3) is 0.520. The fourth-order valence-electron chi connectivity index (χ4n) is 5.40. The highest BCUT2D eigenvalue weighted by Crippen LogP contribution is 2.35. The second-order valence-electron chi connectivity index (χ2n) is 9.13. The summed E-state index contributed by atoms with van der Waals surface area (Å²) in [6.07, 6.45) is 13.6. The summed E-state index contributed by atoms with van der Waals surface area (Å²) in [5.41, 5.74) is 2.69. The lowest BCUT2D eigenvalue weighted by Gasteiger charge is -2.37. The van der Waals surface area contributed by atoms with Crippen LogP contribution in [0.5, 0.6) is 0 Å². The zero-order valence-electron chi connectivity index (χ0n) is 18.2. The highest BCUT2D eigenvalue weighted by atomic mass is 15.6. The van der Waals surface area contributed by atoms with Crippen molar-refractivity contribution in [3.8, 4) is 0 Å². The summed E-state index contributed by atoms with van der Waals surface area (Å²) in [6, 6.07) is 15.7. The lowest BCUT2D eigenvalue weighted by atomic mass is 9.89. The largest absolute Gasteiger partial charge is 0.290 e. The Labute approximate surface area is 184 Å². The van der Waals surface area contributed by atoms with E-state index in [2.05, 4.69) is 72.6 Å². The van der Waals surface area contributed by atoms with Crippen molar-refractivity contribution in [2.75, 3.05) is 13.1 Å². The molecule has 31 heavy (non-hydrogen) atoms. The van der Waals surface area contributed by atoms with Crippen molar-refractivity contribution in [3.63, 3.8) is 0 Å². The Balaban J connectivity index is 1.36. The van der Waals surface area contributed by atoms with Crippen molar-refractivity contribution in [1.82, 2.24) is 30.1 Å². The molecule has 1 aromatic carbocycles. The number of hydrogen-bond acceptors (Lipinski definition) is 5. The summed E-state index contributed by atoms with van der Waals surface area (Å²) in [6.45, 7) is 2.14. The Bertz CT molecular complexity index is 927. The molecule has 6 nitrogen and oxygen atoms in total. The molecule has 1 unspecified atom stereocenters. The lowest BCUT2D eigenvalue weighted by molar-refractivity contribution is 0.140. The smallest absolute Gasteiger partial charge is 0.173 e. The van der Waals surface area contributed by atoms with E-state index in [0.29, 0.717) is 6.04 Å². The molecule has 1 saturated heterocycles. The highest BCUT2D eigenvalue weighted by Gasteiger charge is 2.33. The average molecular weight is 417 g/mol. The third kappa shape index (κ3) is 4.69. The molecule has 1 atom stereocenters. The zero-order chi connectivity index (χ0) is 20.9. The van der Waals surface area contributed by atoms with Gasteiger partial charge in [0.1, 0.15) is 0 Å². The highest BCUT2D eigenvalue weighted by molar-refractivity contribution is 5.23. The van der Waals surface area contributed by atoms with Crippen molar-refractivity contribution in [1.29, 1.82) is 0 Å². The fourth-order valence-corrected chi connectivity index (χ4v) is 5.40. The van der Waals surface area contributed by atoms with Gasteiger partial charge in [-0.3, -0.25) is 9.88 Å². The SMILES string of the molecule is c1ccc(CC2CCN(C(c3ccncc3)c3nnnn3C3CCCCC3)CC2)cc1. The van der Waals surface area contributed by atoms with E-state index in [1.54, 1.807) is 0 Å². The summed E-state index contributed by atoms with van der Waals surface area (Å²) in [5, 5.41) is 13.2. The number of piperidine rings is 1. The third-order valence-corrected chi connectivity index (χ3v) is 7.09. The molecule has 0 spiro atoms. The summed E-state index contributed by atoms with van der Waals surface area (Å²) in [4.78, 5) is 6.83. The lowest BCUT2D eigenvalue weighted by Crippen LogP contribution is -2.39. The molecule has 0 radical (unpaired) electrons. The van der Waals surface area contributed by atoms with Crippen LogP contribution in [0.4, 0.5) is 0 Å². The maximum atomic E-state index is 4.57. The standard InChI is InChI=1S/C25H32N6/c1-3-7-20(8-4-1)19-21-13-17-30(18-14-21)24(22-11-15-26-16-12-22)25-27-28-29-31(25)23-9-5-2-6-10-23/h1,3-4,7-8,11-12,15-16,21,23-24H,2,5-6,9-10,13-14,17-19H2. The number of rotatable bonds is 6. The molecule has 1 aliphatic carbocycles. The summed E-state index contributed by atoms with van der Waals surface area (Å²) < 4.78 is 2.14. The molecule has 2 fully saturated rings. The van der Waals surface area contributed by atoms with Crippen LogP contribution in [0, 0.1) is 5.92 Å². The van der Waals surface area contributed by atoms with Gasteiger partial charge in [0.05, 0.1) is 12.1 Å². The quantitative estimate of drug-likeness (QED) is 0.587. The second kappa shape index (κ2) is 9.69. The molecule has 5 rings (SSSR count). The molecule has 3 heterocycles. The van der Waals surface area contributed by atoms with Gasteiger partial charge in [-0.15, -0.1) is 5.10 Å². The van der Waals surface area contributed by atoms with Crippen LogP contribution < -0.4 is 0 Å². The van der Waals surface area contributed by atoms with Crippen LogP contribution in [0.25, 0.3) is 0 Å². The van der Waals surface area contributed by atoms with E-state index in [1.807, 2.05) is 12.4 Å². The van der Waals surface area contributed by atoms with Crippen LogP contribution in [0.1, 0.15) is 74.0 Å². The van der Waals surface area contributed by atoms with E-state index in [0.717, 1.165) is 24.8 Å². The first-order chi connectivity index (χ1) is 15.4. The Hall–Kier alpha value is -2.60. The van der Waals surface area contributed by atoms with Gasteiger partial charge in [0.2, 0.25) is 0 Å². The van der Waals surface area contributed by atoms with E-state index in [4.69, 9.17) is 0 Å². The molecule has 1 saturated carbocycles. The van der Waals surface area contributed by atoms with Crippen LogP contribution >= 0.6 is 0 Å². The first-order valence-electron chi connectivity index (χ1n) is 11.8. The molecule has 3 aromatic rings. The van der Waals surface area contributed by atoms with Crippen LogP contribution in [0.2, 0.25) is 0 Å². The van der Waals surface area contributed by atoms with Gasteiger partial charge in [0, 0.05) is 12.4 Å². The van der Waals surface area contributed by atoms with Crippen LogP contribution in [0.3, 0.4) is 0 Å². The molecule has 2 aromatic heterocycles. The molecule has 2 aliphatic rings. The number of hydrogen-bond donors (Lipinski definition) is 0. The Morgan fingerprint density at radius 2 is 1.61 bits per heavy atom. The number of benzene rings is 1. The predicted octanol–water partition coefficient (Wildman–Crippen LogP) is 4.62. The van der Waals surface area contributed by atoms with E-state index in [9.17, 15) is 0 Å². The molecule has 0 N–H and O–H groups in total. The predicted molar refractivity (Wildman–Crippen MR) is 120 cm³/mol. The molecule has 1 aliphatic heterocycles. The number of aromatic nitrogens is 5. The van der Waals surface area contributed by atoms with Gasteiger partial charge in [-0.25, -0.2) is 4.68 Å². The minimum absolute atomic E-state index is 0.0950. The van der Waals surface area contributed by atoms with Crippen molar-refractivity contribution in [3.05, 3.63) is 71.8 Å². The Morgan fingerprint density at radius 1 is 0.871 bits per heavy atom. The van der Waals surface area contributed by atoms with Gasteiger partial charge < -0.3 is 0 Å². The van der Waals surface area contributed by atoms with Gasteiger partial charge in [-0.1, -0.05) is 49.6 Å². The van der Waals surface area contributed by atoms with Crippen LogP contribution in [-0.4, -0.2) is 43.2 Å². The van der Waals surface area contributed by atoms with Gasteiger partial charge in [0.25, 0.3) is 0 Å². The molecular weight excluding hydrogens is 384 g/mol. The number of nitrogens with zero attached hydrogens (tertiary/aromatic N) is 6. The molecular formula is C25H32N6. The molecule has 0 bridgehead atoms. The molecule has 6 heteroatoms. The van der Waals surface area contributed by atoms with Crippen molar-refractivity contribution < 1.29 is 0 Å². The molecule has 0 amide bonds. The minimum atomic E-state index is 0.0950. The third-order valence-electron chi connectivity index (χ3n) is 7.09. The topological polar surface area (TPSA) is 59.7 Å². The monoisotopic (exact) mass is 416 g/mol. The van der Waals surface area contributed by atoms with Crippen LogP contribution in [0.15, 0.2) is 54.9 Å². The number of pyridine rings is 1. The van der Waals surface area contributed by atoms with Crippen LogP contribution in [-0.2, 0) is 6.42 Å². The first-order valence-corrected chi connectivity index (χ1v) is 11.8. The van der Waals surface area contributed by atoms with Crippen molar-refractivity contribution in [2.24, 2.45) is 5.92 Å². The Morgan fingerprint density at radius 3 is 2.35 bits per heavy atom. The maximum absolute atomic E-state index is 4.57. The zero-order valence-corrected chi connectivity index (χ0v) is 18.2. The second-order valence-corrected chi connectivity index (χ2v) is 9.13. The van der Waals surface area contributed by atoms with Gasteiger partial charge >= 0.3 is 0 Å². The Kier molecular flexibility index (Phi) is 6.35. The maximum Gasteiger partial charge on any atom is 0.173 e. The first kappa shape index (κ1) is 20.3. The summed E-state index contributed by atoms with van der Waals surface area (Å²) in [5.74, 6) is 1.74. The molecule has 162 valence electrons. The van der Waals surface area contributed by atoms with E-state index < -0.39 is 0 Å². The summed E-state index contributed by atoms with van der Waals surface area (Å²) in [7, 11) is 0. The van der Waals surface area contributed by atoms with E-state index in [1.165, 1.54) is 62.5 Å². The number of tetrazole rings is 1. The van der Waals surface area contributed by atoms with Crippen molar-refractivity contribution >= 4 is 0 Å². The normalized spacial score (nSPS) is 20.0. The summed E-state index contributed by atoms with van der Waals surface area (Å²) >= 11 is 0. The number of likely N-dealkylation sites (tertiary alicyclic amines) is 1. The average Bonchev–Trinajstić information content (AvgIpc) is 3.32. The minimum Gasteiger partial charge on any atom is -0.290 e.